The first-order valence-electron chi connectivity index (χ1n) is 8.93. The average Bonchev–Trinajstić information content (AvgIpc) is 3.20. The fourth-order valence-corrected chi connectivity index (χ4v) is 3.47. The van der Waals surface area contributed by atoms with E-state index in [1.807, 2.05) is 42.8 Å². The van der Waals surface area contributed by atoms with Crippen molar-refractivity contribution in [2.75, 3.05) is 5.75 Å². The number of nitrogens with zero attached hydrogens (tertiary/aromatic N) is 3. The van der Waals surface area contributed by atoms with Gasteiger partial charge in [0.05, 0.1) is 16.4 Å². The predicted molar refractivity (Wildman–Crippen MR) is 112 cm³/mol. The van der Waals surface area contributed by atoms with Gasteiger partial charge in [0.2, 0.25) is 5.91 Å². The van der Waals surface area contributed by atoms with Crippen LogP contribution in [0.25, 0.3) is 5.69 Å². The van der Waals surface area contributed by atoms with Gasteiger partial charge in [0.1, 0.15) is 0 Å². The molecule has 1 aromatic heterocycles. The molecular formula is C20H19N5O4S. The molecule has 2 amide bonds. The molecule has 0 aliphatic carbocycles. The van der Waals surface area contributed by atoms with E-state index in [4.69, 9.17) is 0 Å². The van der Waals surface area contributed by atoms with Gasteiger partial charge in [-0.05, 0) is 37.1 Å². The van der Waals surface area contributed by atoms with E-state index in [0.29, 0.717) is 5.16 Å². The van der Waals surface area contributed by atoms with Gasteiger partial charge >= 0.3 is 0 Å². The van der Waals surface area contributed by atoms with Crippen LogP contribution in [-0.4, -0.2) is 32.0 Å². The van der Waals surface area contributed by atoms with Gasteiger partial charge in [-0.25, -0.2) is 4.98 Å². The lowest BCUT2D eigenvalue weighted by atomic mass is 10.1. The third kappa shape index (κ3) is 4.84. The lowest BCUT2D eigenvalue weighted by Crippen LogP contribution is -2.42. The molecule has 0 bridgehead atoms. The van der Waals surface area contributed by atoms with Crippen LogP contribution in [0.1, 0.15) is 21.5 Å². The van der Waals surface area contributed by atoms with E-state index in [-0.39, 0.29) is 17.0 Å². The zero-order valence-corrected chi connectivity index (χ0v) is 17.1. The van der Waals surface area contributed by atoms with Crippen LogP contribution in [0, 0.1) is 24.0 Å². The van der Waals surface area contributed by atoms with Crippen LogP contribution < -0.4 is 10.9 Å². The van der Waals surface area contributed by atoms with Crippen molar-refractivity contribution in [1.82, 2.24) is 20.4 Å². The maximum absolute atomic E-state index is 12.1. The number of benzene rings is 2. The normalized spacial score (nSPS) is 10.5. The first-order valence-corrected chi connectivity index (χ1v) is 9.91. The minimum absolute atomic E-state index is 0.0249. The summed E-state index contributed by atoms with van der Waals surface area (Å²) in [6, 6.07) is 11.2. The number of amides is 2. The SMILES string of the molecule is Cc1cccc(-n2ccnc2SCC(=O)NNC(=O)c2cccc([N+](=O)[O-])c2)c1C. The van der Waals surface area contributed by atoms with Crippen LogP contribution in [0.4, 0.5) is 5.69 Å². The van der Waals surface area contributed by atoms with E-state index in [2.05, 4.69) is 15.8 Å². The van der Waals surface area contributed by atoms with Crippen LogP contribution in [0.2, 0.25) is 0 Å². The van der Waals surface area contributed by atoms with Crippen molar-refractivity contribution in [3.8, 4) is 5.69 Å². The zero-order chi connectivity index (χ0) is 21.7. The summed E-state index contributed by atoms with van der Waals surface area (Å²) < 4.78 is 1.90. The van der Waals surface area contributed by atoms with Crippen molar-refractivity contribution in [3.05, 3.63) is 81.7 Å². The summed E-state index contributed by atoms with van der Waals surface area (Å²) in [6.07, 6.45) is 3.48. The number of nitrogens with one attached hydrogen (secondary N) is 2. The molecule has 2 N–H and O–H groups in total. The largest absolute Gasteiger partial charge is 0.295 e. The Bertz CT molecular complexity index is 1110. The third-order valence-electron chi connectivity index (χ3n) is 4.41. The molecule has 1 heterocycles. The standard InChI is InChI=1S/C20H19N5O4S/c1-13-5-3-8-17(14(13)2)24-10-9-21-20(24)30-12-18(26)22-23-19(27)15-6-4-7-16(11-15)25(28)29/h3-11H,12H2,1-2H3,(H,22,26)(H,23,27). The van der Waals surface area contributed by atoms with Crippen LogP contribution >= 0.6 is 11.8 Å². The molecule has 0 radical (unpaired) electrons. The lowest BCUT2D eigenvalue weighted by molar-refractivity contribution is -0.384. The number of rotatable bonds is 6. The predicted octanol–water partition coefficient (Wildman–Crippen LogP) is 2.95. The van der Waals surface area contributed by atoms with Gasteiger partial charge < -0.3 is 0 Å². The van der Waals surface area contributed by atoms with Gasteiger partial charge in [-0.1, -0.05) is 30.0 Å². The van der Waals surface area contributed by atoms with Crippen LogP contribution in [-0.2, 0) is 4.79 Å². The van der Waals surface area contributed by atoms with Crippen molar-refractivity contribution in [1.29, 1.82) is 0 Å². The smallest absolute Gasteiger partial charge is 0.270 e. The number of thioether (sulfide) groups is 1. The van der Waals surface area contributed by atoms with E-state index in [1.54, 1.807) is 6.20 Å². The first kappa shape index (κ1) is 21.1. The number of hydrogen-bond donors (Lipinski definition) is 2. The monoisotopic (exact) mass is 425 g/mol. The third-order valence-corrected chi connectivity index (χ3v) is 5.38. The molecule has 0 aliphatic rings. The zero-order valence-electron chi connectivity index (χ0n) is 16.3. The summed E-state index contributed by atoms with van der Waals surface area (Å²) in [5.74, 6) is -1.06. The fraction of sp³-hybridized carbons (Fsp3) is 0.150. The number of carbonyl (C=O) groups is 2. The Kier molecular flexibility index (Phi) is 6.48. The molecule has 3 rings (SSSR count). The molecule has 3 aromatic rings. The molecule has 0 spiro atoms. The van der Waals surface area contributed by atoms with E-state index in [1.165, 1.54) is 30.0 Å². The van der Waals surface area contributed by atoms with Crippen LogP contribution in [0.3, 0.4) is 0 Å². The first-order chi connectivity index (χ1) is 14.4. The number of hydrogen-bond acceptors (Lipinski definition) is 6. The molecule has 0 atom stereocenters. The van der Waals surface area contributed by atoms with Crippen LogP contribution in [0.15, 0.2) is 60.0 Å². The van der Waals surface area contributed by atoms with Crippen molar-refractivity contribution in [2.45, 2.75) is 19.0 Å². The highest BCUT2D eigenvalue weighted by Crippen LogP contribution is 2.24. The maximum atomic E-state index is 12.1. The average molecular weight is 425 g/mol. The number of imidazole rings is 1. The second-order valence-electron chi connectivity index (χ2n) is 6.40. The molecule has 2 aromatic carbocycles. The molecule has 0 fully saturated rings. The topological polar surface area (TPSA) is 119 Å². The molecule has 0 saturated heterocycles. The van der Waals surface area contributed by atoms with E-state index >= 15 is 0 Å². The Balaban J connectivity index is 1.58. The molecule has 10 heteroatoms. The summed E-state index contributed by atoms with van der Waals surface area (Å²) in [7, 11) is 0. The molecule has 0 unspecified atom stereocenters. The number of non-ortho nitro benzene ring substituents is 1. The summed E-state index contributed by atoms with van der Waals surface area (Å²) in [6.45, 7) is 4.05. The van der Waals surface area contributed by atoms with Crippen molar-refractivity contribution in [3.63, 3.8) is 0 Å². The number of aromatic nitrogens is 2. The van der Waals surface area contributed by atoms with Crippen molar-refractivity contribution in [2.24, 2.45) is 0 Å². The lowest BCUT2D eigenvalue weighted by Gasteiger charge is -2.12. The number of hydrazine groups is 1. The van der Waals surface area contributed by atoms with Crippen molar-refractivity contribution >= 4 is 29.3 Å². The number of nitro groups is 1. The summed E-state index contributed by atoms with van der Waals surface area (Å²) >= 11 is 1.22. The van der Waals surface area contributed by atoms with Gasteiger partial charge in [-0.2, -0.15) is 0 Å². The highest BCUT2D eigenvalue weighted by atomic mass is 32.2. The second-order valence-corrected chi connectivity index (χ2v) is 7.34. The van der Waals surface area contributed by atoms with Gasteiger partial charge in [-0.15, -0.1) is 0 Å². The van der Waals surface area contributed by atoms with Gasteiger partial charge in [0, 0.05) is 30.1 Å². The number of carbonyl (C=O) groups excluding carboxylic acids is 2. The summed E-state index contributed by atoms with van der Waals surface area (Å²) in [4.78, 5) is 38.7. The molecule has 0 saturated carbocycles. The Labute approximate surface area is 176 Å². The Morgan fingerprint density at radius 1 is 1.17 bits per heavy atom. The van der Waals surface area contributed by atoms with Crippen molar-refractivity contribution < 1.29 is 14.5 Å². The van der Waals surface area contributed by atoms with E-state index in [0.717, 1.165) is 22.9 Å². The Morgan fingerprint density at radius 2 is 1.93 bits per heavy atom. The molecular weight excluding hydrogens is 406 g/mol. The van der Waals surface area contributed by atoms with Gasteiger partial charge in [0.25, 0.3) is 11.6 Å². The summed E-state index contributed by atoms with van der Waals surface area (Å²) in [5.41, 5.74) is 7.68. The Hall–Kier alpha value is -3.66. The van der Waals surface area contributed by atoms with E-state index in [9.17, 15) is 19.7 Å². The maximum Gasteiger partial charge on any atom is 0.270 e. The molecule has 0 aliphatic heterocycles. The second kappa shape index (κ2) is 9.23. The van der Waals surface area contributed by atoms with Gasteiger partial charge in [-0.3, -0.25) is 35.1 Å². The summed E-state index contributed by atoms with van der Waals surface area (Å²) in [5, 5.41) is 11.4. The highest BCUT2D eigenvalue weighted by Gasteiger charge is 2.14. The fourth-order valence-electron chi connectivity index (χ4n) is 2.70. The highest BCUT2D eigenvalue weighted by molar-refractivity contribution is 7.99. The minimum Gasteiger partial charge on any atom is -0.295 e. The minimum atomic E-state index is -0.645. The molecule has 30 heavy (non-hydrogen) atoms. The van der Waals surface area contributed by atoms with Gasteiger partial charge in [0.15, 0.2) is 5.16 Å². The quantitative estimate of drug-likeness (QED) is 0.356. The molecule has 9 nitrogen and oxygen atoms in total. The van der Waals surface area contributed by atoms with E-state index < -0.39 is 16.7 Å². The Morgan fingerprint density at radius 3 is 2.70 bits per heavy atom. The van der Waals surface area contributed by atoms with Crippen LogP contribution in [0.5, 0.6) is 0 Å². The molecule has 154 valence electrons. The number of nitro benzene ring substituents is 1. The number of aryl methyl sites for hydroxylation is 1.